The van der Waals surface area contributed by atoms with E-state index in [9.17, 15) is 9.90 Å². The van der Waals surface area contributed by atoms with E-state index in [1.165, 1.54) is 0 Å². The Morgan fingerprint density at radius 1 is 1.50 bits per heavy atom. The fourth-order valence-corrected chi connectivity index (χ4v) is 2.48. The highest BCUT2D eigenvalue weighted by atomic mass is 32.1. The molecule has 1 atom stereocenters. The molecule has 4 nitrogen and oxygen atoms in total. The molecule has 0 aliphatic rings. The van der Waals surface area contributed by atoms with E-state index in [4.69, 9.17) is 4.74 Å². The highest BCUT2D eigenvalue weighted by Crippen LogP contribution is 2.24. The lowest BCUT2D eigenvalue weighted by Crippen LogP contribution is -2.53. The number of hydrogen-bond donors (Lipinski definition) is 2. The number of ether oxygens (including phenoxy) is 1. The summed E-state index contributed by atoms with van der Waals surface area (Å²) in [7, 11) is 1.60. The first kappa shape index (κ1) is 15.1. The van der Waals surface area contributed by atoms with Crippen LogP contribution >= 0.6 is 11.3 Å². The standard InChI is InChI=1S/C13H21NO3S/c1-12(2,17-4)9-13(3,11(15)16)14-8-10-6-5-7-18-10/h5-7,14H,8-9H2,1-4H3,(H,15,16). The number of carboxylic acid groups (broad SMARTS) is 1. The summed E-state index contributed by atoms with van der Waals surface area (Å²) in [6.07, 6.45) is 0.400. The van der Waals surface area contributed by atoms with Gasteiger partial charge in [0.2, 0.25) is 0 Å². The molecular weight excluding hydrogens is 250 g/mol. The maximum absolute atomic E-state index is 11.5. The van der Waals surface area contributed by atoms with Gasteiger partial charge in [-0.2, -0.15) is 0 Å². The van der Waals surface area contributed by atoms with Crippen LogP contribution in [0.1, 0.15) is 32.1 Å². The summed E-state index contributed by atoms with van der Waals surface area (Å²) in [6.45, 7) is 6.03. The predicted octanol–water partition coefficient (Wildman–Crippen LogP) is 2.50. The third-order valence-electron chi connectivity index (χ3n) is 3.04. The van der Waals surface area contributed by atoms with Crippen molar-refractivity contribution in [1.29, 1.82) is 0 Å². The van der Waals surface area contributed by atoms with E-state index in [-0.39, 0.29) is 0 Å². The van der Waals surface area contributed by atoms with Gasteiger partial charge in [-0.1, -0.05) is 6.07 Å². The van der Waals surface area contributed by atoms with Gasteiger partial charge in [-0.05, 0) is 32.2 Å². The van der Waals surface area contributed by atoms with Crippen LogP contribution in [0, 0.1) is 0 Å². The number of methoxy groups -OCH3 is 1. The van der Waals surface area contributed by atoms with E-state index < -0.39 is 17.1 Å². The maximum Gasteiger partial charge on any atom is 0.323 e. The molecule has 0 aromatic carbocycles. The molecule has 1 rings (SSSR count). The van der Waals surface area contributed by atoms with Crippen molar-refractivity contribution >= 4 is 17.3 Å². The quantitative estimate of drug-likeness (QED) is 0.800. The Labute approximate surface area is 112 Å². The topological polar surface area (TPSA) is 58.6 Å². The van der Waals surface area contributed by atoms with Crippen LogP contribution < -0.4 is 5.32 Å². The van der Waals surface area contributed by atoms with Gasteiger partial charge < -0.3 is 9.84 Å². The Balaban J connectivity index is 2.71. The molecule has 2 N–H and O–H groups in total. The minimum Gasteiger partial charge on any atom is -0.480 e. The highest BCUT2D eigenvalue weighted by Gasteiger charge is 2.38. The molecule has 0 aliphatic heterocycles. The summed E-state index contributed by atoms with van der Waals surface area (Å²) in [5.74, 6) is -0.857. The second kappa shape index (κ2) is 5.82. The molecule has 1 heterocycles. The Morgan fingerprint density at radius 2 is 2.17 bits per heavy atom. The van der Waals surface area contributed by atoms with Crippen LogP contribution in [-0.4, -0.2) is 29.3 Å². The lowest BCUT2D eigenvalue weighted by molar-refractivity contribution is -0.147. The normalized spacial score (nSPS) is 15.3. The first-order valence-electron chi connectivity index (χ1n) is 5.85. The summed E-state index contributed by atoms with van der Waals surface area (Å²) in [4.78, 5) is 12.6. The Morgan fingerprint density at radius 3 is 2.61 bits per heavy atom. The first-order valence-corrected chi connectivity index (χ1v) is 6.73. The van der Waals surface area contributed by atoms with E-state index in [0.29, 0.717) is 13.0 Å². The molecule has 1 unspecified atom stereocenters. The monoisotopic (exact) mass is 271 g/mol. The molecule has 0 radical (unpaired) electrons. The van der Waals surface area contributed by atoms with Gasteiger partial charge in [-0.3, -0.25) is 10.1 Å². The molecule has 0 saturated heterocycles. The minimum absolute atomic E-state index is 0.400. The molecule has 0 spiro atoms. The molecule has 5 heteroatoms. The molecule has 1 aromatic rings. The van der Waals surface area contributed by atoms with Crippen LogP contribution in [0.5, 0.6) is 0 Å². The fourth-order valence-electron chi connectivity index (χ4n) is 1.83. The predicted molar refractivity (Wildman–Crippen MR) is 72.9 cm³/mol. The van der Waals surface area contributed by atoms with E-state index in [1.54, 1.807) is 25.4 Å². The van der Waals surface area contributed by atoms with Crippen LogP contribution in [0.15, 0.2) is 17.5 Å². The minimum atomic E-state index is -0.997. The maximum atomic E-state index is 11.5. The van der Waals surface area contributed by atoms with Crippen molar-refractivity contribution in [3.63, 3.8) is 0 Å². The summed E-state index contributed by atoms with van der Waals surface area (Å²) in [5.41, 5.74) is -1.47. The van der Waals surface area contributed by atoms with Crippen molar-refractivity contribution < 1.29 is 14.6 Å². The molecule has 18 heavy (non-hydrogen) atoms. The zero-order valence-corrected chi connectivity index (χ0v) is 12.1. The molecule has 0 bridgehead atoms. The molecule has 0 amide bonds. The number of thiophene rings is 1. The van der Waals surface area contributed by atoms with Gasteiger partial charge >= 0.3 is 5.97 Å². The number of carbonyl (C=O) groups is 1. The van der Waals surface area contributed by atoms with Crippen molar-refractivity contribution in [3.8, 4) is 0 Å². The fraction of sp³-hybridized carbons (Fsp3) is 0.615. The zero-order chi connectivity index (χ0) is 13.8. The lowest BCUT2D eigenvalue weighted by atomic mass is 9.87. The van der Waals surface area contributed by atoms with Crippen LogP contribution in [0.25, 0.3) is 0 Å². The van der Waals surface area contributed by atoms with Gasteiger partial charge in [0.05, 0.1) is 5.60 Å². The summed E-state index contributed by atoms with van der Waals surface area (Å²) < 4.78 is 5.32. The van der Waals surface area contributed by atoms with E-state index in [0.717, 1.165) is 4.88 Å². The number of aliphatic carboxylic acids is 1. The molecular formula is C13H21NO3S. The number of carboxylic acids is 1. The van der Waals surface area contributed by atoms with Gasteiger partial charge in [0.1, 0.15) is 5.54 Å². The average molecular weight is 271 g/mol. The Bertz CT molecular complexity index is 389. The Kier molecular flexibility index (Phi) is 4.90. The summed E-state index contributed by atoms with van der Waals surface area (Å²) in [5, 5.41) is 14.5. The van der Waals surface area contributed by atoms with Gasteiger partial charge in [0.15, 0.2) is 0 Å². The molecule has 0 saturated carbocycles. The van der Waals surface area contributed by atoms with Gasteiger partial charge in [0, 0.05) is 25.0 Å². The molecule has 0 fully saturated rings. The van der Waals surface area contributed by atoms with Crippen molar-refractivity contribution in [1.82, 2.24) is 5.32 Å². The van der Waals surface area contributed by atoms with Crippen LogP contribution in [-0.2, 0) is 16.1 Å². The van der Waals surface area contributed by atoms with Crippen molar-refractivity contribution in [2.75, 3.05) is 7.11 Å². The van der Waals surface area contributed by atoms with Crippen LogP contribution in [0.4, 0.5) is 0 Å². The van der Waals surface area contributed by atoms with E-state index in [1.807, 2.05) is 31.4 Å². The first-order chi connectivity index (χ1) is 8.29. The van der Waals surface area contributed by atoms with E-state index in [2.05, 4.69) is 5.32 Å². The van der Waals surface area contributed by atoms with Gasteiger partial charge in [-0.25, -0.2) is 0 Å². The van der Waals surface area contributed by atoms with Crippen molar-refractivity contribution in [2.45, 2.75) is 44.9 Å². The SMILES string of the molecule is COC(C)(C)CC(C)(NCc1cccs1)C(=O)O. The van der Waals surface area contributed by atoms with E-state index >= 15 is 0 Å². The molecule has 0 aliphatic carbocycles. The number of rotatable bonds is 7. The second-order valence-electron chi connectivity index (χ2n) is 5.21. The Hall–Kier alpha value is -0.910. The zero-order valence-electron chi connectivity index (χ0n) is 11.3. The molecule has 1 aromatic heterocycles. The van der Waals surface area contributed by atoms with Gasteiger partial charge in [0.25, 0.3) is 0 Å². The van der Waals surface area contributed by atoms with Crippen LogP contribution in [0.2, 0.25) is 0 Å². The average Bonchev–Trinajstić information content (AvgIpc) is 2.78. The number of nitrogens with one attached hydrogen (secondary N) is 1. The number of hydrogen-bond acceptors (Lipinski definition) is 4. The molecule has 102 valence electrons. The second-order valence-corrected chi connectivity index (χ2v) is 6.24. The smallest absolute Gasteiger partial charge is 0.323 e. The third kappa shape index (κ3) is 4.08. The summed E-state index contributed by atoms with van der Waals surface area (Å²) in [6, 6.07) is 3.94. The van der Waals surface area contributed by atoms with Crippen molar-refractivity contribution in [2.24, 2.45) is 0 Å². The largest absolute Gasteiger partial charge is 0.480 e. The third-order valence-corrected chi connectivity index (χ3v) is 3.91. The van der Waals surface area contributed by atoms with Crippen LogP contribution in [0.3, 0.4) is 0 Å². The van der Waals surface area contributed by atoms with Gasteiger partial charge in [-0.15, -0.1) is 11.3 Å². The van der Waals surface area contributed by atoms with Crippen molar-refractivity contribution in [3.05, 3.63) is 22.4 Å². The summed E-state index contributed by atoms with van der Waals surface area (Å²) >= 11 is 1.61. The highest BCUT2D eigenvalue weighted by molar-refractivity contribution is 7.09. The lowest BCUT2D eigenvalue weighted by Gasteiger charge is -2.34.